The van der Waals surface area contributed by atoms with E-state index in [2.05, 4.69) is 4.90 Å². The molecule has 1 heterocycles. The van der Waals surface area contributed by atoms with Gasteiger partial charge in [-0.1, -0.05) is 25.3 Å². The number of carbonyl (C=O) groups is 2. The lowest BCUT2D eigenvalue weighted by atomic mass is 9.94. The third-order valence-corrected chi connectivity index (χ3v) is 5.44. The van der Waals surface area contributed by atoms with E-state index in [1.807, 2.05) is 4.90 Å². The van der Waals surface area contributed by atoms with Crippen LogP contribution in [0.15, 0.2) is 24.3 Å². The Balaban J connectivity index is 1.64. The number of hydrogen-bond acceptors (Lipinski definition) is 4. The van der Waals surface area contributed by atoms with Gasteiger partial charge in [-0.05, 0) is 37.5 Å². The van der Waals surface area contributed by atoms with E-state index in [1.54, 1.807) is 24.3 Å². The lowest BCUT2D eigenvalue weighted by molar-refractivity contribution is 0.0600. The second-order valence-electron chi connectivity index (χ2n) is 7.05. The standard InChI is InChI=1S/C20H28N2O3/c1-25-20(24)17-8-5-7-16(15-17)19(23)22-12-6-11-21(13-14-22)18-9-3-2-4-10-18/h5,7-8,15,18H,2-4,6,9-14H2,1H3. The van der Waals surface area contributed by atoms with E-state index in [9.17, 15) is 9.59 Å². The summed E-state index contributed by atoms with van der Waals surface area (Å²) in [5.41, 5.74) is 0.987. The third-order valence-electron chi connectivity index (χ3n) is 5.44. The van der Waals surface area contributed by atoms with Gasteiger partial charge in [-0.2, -0.15) is 0 Å². The van der Waals surface area contributed by atoms with Gasteiger partial charge in [0.2, 0.25) is 0 Å². The minimum absolute atomic E-state index is 0.0104. The van der Waals surface area contributed by atoms with E-state index in [0.29, 0.717) is 17.2 Å². The quantitative estimate of drug-likeness (QED) is 0.791. The molecule has 1 aliphatic carbocycles. The van der Waals surface area contributed by atoms with E-state index in [4.69, 9.17) is 4.74 Å². The number of benzene rings is 1. The summed E-state index contributed by atoms with van der Waals surface area (Å²) in [7, 11) is 1.35. The molecule has 5 heteroatoms. The molecule has 1 aromatic rings. The van der Waals surface area contributed by atoms with Gasteiger partial charge in [0.25, 0.3) is 5.91 Å². The topological polar surface area (TPSA) is 49.9 Å². The van der Waals surface area contributed by atoms with Crippen molar-refractivity contribution in [2.24, 2.45) is 0 Å². The van der Waals surface area contributed by atoms with Gasteiger partial charge in [0.15, 0.2) is 0 Å². The minimum atomic E-state index is -0.408. The summed E-state index contributed by atoms with van der Waals surface area (Å²) in [5, 5.41) is 0. The lowest BCUT2D eigenvalue weighted by Crippen LogP contribution is -2.40. The zero-order chi connectivity index (χ0) is 17.6. The number of rotatable bonds is 3. The maximum Gasteiger partial charge on any atom is 0.337 e. The highest BCUT2D eigenvalue weighted by Crippen LogP contribution is 2.23. The van der Waals surface area contributed by atoms with Crippen molar-refractivity contribution in [2.45, 2.75) is 44.6 Å². The van der Waals surface area contributed by atoms with E-state index in [0.717, 1.165) is 32.6 Å². The molecule has 1 aromatic carbocycles. The maximum absolute atomic E-state index is 12.9. The van der Waals surface area contributed by atoms with Crippen molar-refractivity contribution in [3.8, 4) is 0 Å². The first kappa shape index (κ1) is 17.9. The van der Waals surface area contributed by atoms with Gasteiger partial charge in [0.05, 0.1) is 12.7 Å². The van der Waals surface area contributed by atoms with Crippen molar-refractivity contribution in [2.75, 3.05) is 33.3 Å². The molecule has 1 aliphatic heterocycles. The minimum Gasteiger partial charge on any atom is -0.465 e. The Kier molecular flexibility index (Phi) is 6.08. The molecule has 136 valence electrons. The third kappa shape index (κ3) is 4.40. The molecule has 1 amide bonds. The van der Waals surface area contributed by atoms with Gasteiger partial charge < -0.3 is 9.64 Å². The fourth-order valence-electron chi connectivity index (χ4n) is 4.03. The molecule has 1 saturated heterocycles. The molecule has 0 atom stereocenters. The zero-order valence-electron chi connectivity index (χ0n) is 15.1. The smallest absolute Gasteiger partial charge is 0.337 e. The SMILES string of the molecule is COC(=O)c1cccc(C(=O)N2CCCN(C3CCCCC3)CC2)c1. The second kappa shape index (κ2) is 8.48. The van der Waals surface area contributed by atoms with Crippen LogP contribution in [0, 0.1) is 0 Å². The Morgan fingerprint density at radius 1 is 0.960 bits per heavy atom. The molecule has 3 rings (SSSR count). The van der Waals surface area contributed by atoms with Gasteiger partial charge in [-0.3, -0.25) is 9.69 Å². The van der Waals surface area contributed by atoms with E-state index in [-0.39, 0.29) is 5.91 Å². The van der Waals surface area contributed by atoms with Gasteiger partial charge in [0, 0.05) is 37.8 Å². The van der Waals surface area contributed by atoms with Crippen LogP contribution in [0.25, 0.3) is 0 Å². The molecule has 1 saturated carbocycles. The Morgan fingerprint density at radius 3 is 2.48 bits per heavy atom. The van der Waals surface area contributed by atoms with Crippen LogP contribution < -0.4 is 0 Å². The van der Waals surface area contributed by atoms with E-state index < -0.39 is 5.97 Å². The van der Waals surface area contributed by atoms with Gasteiger partial charge >= 0.3 is 5.97 Å². The van der Waals surface area contributed by atoms with Gasteiger partial charge in [0.1, 0.15) is 0 Å². The molecule has 0 bridgehead atoms. The van der Waals surface area contributed by atoms with Crippen LogP contribution in [0.5, 0.6) is 0 Å². The second-order valence-corrected chi connectivity index (χ2v) is 7.05. The maximum atomic E-state index is 12.9. The largest absolute Gasteiger partial charge is 0.465 e. The van der Waals surface area contributed by atoms with Crippen LogP contribution in [0.2, 0.25) is 0 Å². The molecule has 0 unspecified atom stereocenters. The molecule has 25 heavy (non-hydrogen) atoms. The highest BCUT2D eigenvalue weighted by molar-refractivity contribution is 5.97. The zero-order valence-corrected chi connectivity index (χ0v) is 15.1. The van der Waals surface area contributed by atoms with Crippen LogP contribution >= 0.6 is 0 Å². The summed E-state index contributed by atoms with van der Waals surface area (Å²) in [6.07, 6.45) is 7.66. The predicted molar refractivity (Wildman–Crippen MR) is 96.7 cm³/mol. The molecule has 2 aliphatic rings. The summed E-state index contributed by atoms with van der Waals surface area (Å²) >= 11 is 0. The molecule has 2 fully saturated rings. The molecule has 0 radical (unpaired) electrons. The summed E-state index contributed by atoms with van der Waals surface area (Å²) < 4.78 is 4.75. The predicted octanol–water partition coefficient (Wildman–Crippen LogP) is 2.95. The van der Waals surface area contributed by atoms with Crippen molar-refractivity contribution in [1.29, 1.82) is 0 Å². The molecule has 0 aromatic heterocycles. The summed E-state index contributed by atoms with van der Waals surface area (Å²) in [5.74, 6) is -0.398. The Bertz CT molecular complexity index is 611. The van der Waals surface area contributed by atoms with Crippen molar-refractivity contribution in [1.82, 2.24) is 9.80 Å². The van der Waals surface area contributed by atoms with E-state index in [1.165, 1.54) is 39.2 Å². The molecule has 0 N–H and O–H groups in total. The van der Waals surface area contributed by atoms with Crippen LogP contribution in [0.4, 0.5) is 0 Å². The van der Waals surface area contributed by atoms with Crippen LogP contribution in [0.1, 0.15) is 59.2 Å². The average Bonchev–Trinajstić information content (AvgIpc) is 2.94. The first-order chi connectivity index (χ1) is 12.2. The first-order valence-electron chi connectivity index (χ1n) is 9.41. The van der Waals surface area contributed by atoms with Crippen molar-refractivity contribution >= 4 is 11.9 Å². The fraction of sp³-hybridized carbons (Fsp3) is 0.600. The van der Waals surface area contributed by atoms with Crippen molar-refractivity contribution < 1.29 is 14.3 Å². The first-order valence-corrected chi connectivity index (χ1v) is 9.41. The van der Waals surface area contributed by atoms with Gasteiger partial charge in [-0.25, -0.2) is 4.79 Å². The normalized spacial score (nSPS) is 20.1. The monoisotopic (exact) mass is 344 g/mol. The number of carbonyl (C=O) groups excluding carboxylic acids is 2. The number of ether oxygens (including phenoxy) is 1. The average molecular weight is 344 g/mol. The Labute approximate surface area is 149 Å². The molecule has 0 spiro atoms. The Morgan fingerprint density at radius 2 is 1.72 bits per heavy atom. The fourth-order valence-corrected chi connectivity index (χ4v) is 4.03. The number of esters is 1. The number of nitrogens with zero attached hydrogens (tertiary/aromatic N) is 2. The summed E-state index contributed by atoms with van der Waals surface area (Å²) in [6.45, 7) is 3.58. The molecular formula is C20H28N2O3. The molecular weight excluding hydrogens is 316 g/mol. The number of amides is 1. The van der Waals surface area contributed by atoms with Crippen molar-refractivity contribution in [3.63, 3.8) is 0 Å². The molecule has 5 nitrogen and oxygen atoms in total. The highest BCUT2D eigenvalue weighted by Gasteiger charge is 2.26. The van der Waals surface area contributed by atoms with E-state index >= 15 is 0 Å². The van der Waals surface area contributed by atoms with Crippen LogP contribution in [0.3, 0.4) is 0 Å². The van der Waals surface area contributed by atoms with Crippen molar-refractivity contribution in [3.05, 3.63) is 35.4 Å². The Hall–Kier alpha value is -1.88. The van der Waals surface area contributed by atoms with Gasteiger partial charge in [-0.15, -0.1) is 0 Å². The number of hydrogen-bond donors (Lipinski definition) is 0. The lowest BCUT2D eigenvalue weighted by Gasteiger charge is -2.33. The highest BCUT2D eigenvalue weighted by atomic mass is 16.5. The van der Waals surface area contributed by atoms with Crippen LogP contribution in [-0.2, 0) is 4.74 Å². The number of methoxy groups -OCH3 is 1. The summed E-state index contributed by atoms with van der Waals surface area (Å²) in [4.78, 5) is 29.0. The summed E-state index contributed by atoms with van der Waals surface area (Å²) in [6, 6.07) is 7.53. The van der Waals surface area contributed by atoms with Crippen LogP contribution in [-0.4, -0.2) is 61.0 Å².